The lowest BCUT2D eigenvalue weighted by molar-refractivity contribution is -0.107. The maximum absolute atomic E-state index is 11.2. The van der Waals surface area contributed by atoms with E-state index in [-0.39, 0.29) is 6.04 Å². The standard InChI is InChI=1S/C15H17NO/c1-11(2)16(10-17)14-9-5-8-13-7-4-6-12(3)15(13)14/h4-11H,1-3H3. The summed E-state index contributed by atoms with van der Waals surface area (Å²) in [6.07, 6.45) is 0.909. The second-order valence-corrected chi connectivity index (χ2v) is 4.56. The first-order valence-electron chi connectivity index (χ1n) is 5.87. The summed E-state index contributed by atoms with van der Waals surface area (Å²) in [6, 6.07) is 12.4. The van der Waals surface area contributed by atoms with Gasteiger partial charge in [-0.15, -0.1) is 0 Å². The van der Waals surface area contributed by atoms with E-state index in [9.17, 15) is 4.79 Å². The van der Waals surface area contributed by atoms with Crippen molar-refractivity contribution >= 4 is 22.9 Å². The molecule has 1 amide bonds. The minimum atomic E-state index is 0.165. The van der Waals surface area contributed by atoms with Crippen molar-refractivity contribution in [2.45, 2.75) is 26.8 Å². The highest BCUT2D eigenvalue weighted by Gasteiger charge is 2.13. The van der Waals surface area contributed by atoms with E-state index in [1.807, 2.05) is 32.0 Å². The van der Waals surface area contributed by atoms with E-state index in [1.54, 1.807) is 4.90 Å². The van der Waals surface area contributed by atoms with Crippen LogP contribution in [0.15, 0.2) is 36.4 Å². The molecule has 0 spiro atoms. The highest BCUT2D eigenvalue weighted by atomic mass is 16.1. The van der Waals surface area contributed by atoms with Crippen molar-refractivity contribution in [1.29, 1.82) is 0 Å². The Morgan fingerprint density at radius 2 is 1.76 bits per heavy atom. The summed E-state index contributed by atoms with van der Waals surface area (Å²) >= 11 is 0. The number of rotatable bonds is 3. The van der Waals surface area contributed by atoms with E-state index in [4.69, 9.17) is 0 Å². The molecule has 0 aliphatic carbocycles. The number of nitrogens with zero attached hydrogens (tertiary/aromatic N) is 1. The molecule has 2 aromatic carbocycles. The molecule has 0 radical (unpaired) electrons. The maximum atomic E-state index is 11.2. The predicted octanol–water partition coefficient (Wildman–Crippen LogP) is 3.52. The number of hydrogen-bond donors (Lipinski definition) is 0. The van der Waals surface area contributed by atoms with Crippen molar-refractivity contribution in [3.05, 3.63) is 42.0 Å². The Morgan fingerprint density at radius 3 is 2.35 bits per heavy atom. The van der Waals surface area contributed by atoms with E-state index in [2.05, 4.69) is 25.1 Å². The topological polar surface area (TPSA) is 20.3 Å². The van der Waals surface area contributed by atoms with Gasteiger partial charge in [0.25, 0.3) is 0 Å². The lowest BCUT2D eigenvalue weighted by atomic mass is 10.0. The SMILES string of the molecule is Cc1cccc2cccc(N(C=O)C(C)C)c12. The van der Waals surface area contributed by atoms with Crippen LogP contribution in [0.25, 0.3) is 10.8 Å². The molecule has 0 N–H and O–H groups in total. The number of benzene rings is 2. The average Bonchev–Trinajstić information content (AvgIpc) is 2.30. The van der Waals surface area contributed by atoms with Gasteiger partial charge in [-0.3, -0.25) is 4.79 Å². The molecule has 2 heteroatoms. The molecule has 0 aromatic heterocycles. The number of aryl methyl sites for hydroxylation is 1. The highest BCUT2D eigenvalue weighted by molar-refractivity contribution is 6.00. The first kappa shape index (κ1) is 11.6. The van der Waals surface area contributed by atoms with Crippen LogP contribution in [0.1, 0.15) is 19.4 Å². The van der Waals surface area contributed by atoms with Crippen molar-refractivity contribution in [3.63, 3.8) is 0 Å². The third kappa shape index (κ3) is 2.03. The molecule has 88 valence electrons. The van der Waals surface area contributed by atoms with E-state index in [0.717, 1.165) is 17.5 Å². The fraction of sp³-hybridized carbons (Fsp3) is 0.267. The molecule has 0 heterocycles. The Labute approximate surface area is 102 Å². The Bertz CT molecular complexity index is 540. The van der Waals surface area contributed by atoms with Crippen LogP contribution in [0, 0.1) is 6.92 Å². The summed E-state index contributed by atoms with van der Waals surface area (Å²) in [5.41, 5.74) is 2.19. The number of anilines is 1. The number of amides is 1. The molecule has 0 saturated carbocycles. The number of carbonyl (C=O) groups is 1. The smallest absolute Gasteiger partial charge is 0.214 e. The van der Waals surface area contributed by atoms with Crippen LogP contribution < -0.4 is 4.90 Å². The monoisotopic (exact) mass is 227 g/mol. The molecule has 0 bridgehead atoms. The number of fused-ring (bicyclic) bond motifs is 1. The summed E-state index contributed by atoms with van der Waals surface area (Å²) in [5, 5.41) is 2.34. The lowest BCUT2D eigenvalue weighted by Gasteiger charge is -2.24. The van der Waals surface area contributed by atoms with E-state index < -0.39 is 0 Å². The summed E-state index contributed by atoms with van der Waals surface area (Å²) in [7, 11) is 0. The van der Waals surface area contributed by atoms with Gasteiger partial charge in [-0.2, -0.15) is 0 Å². The van der Waals surface area contributed by atoms with Crippen LogP contribution in [0.4, 0.5) is 5.69 Å². The van der Waals surface area contributed by atoms with Crippen LogP contribution in [-0.4, -0.2) is 12.5 Å². The molecule has 2 rings (SSSR count). The molecule has 0 atom stereocenters. The van der Waals surface area contributed by atoms with Crippen LogP contribution >= 0.6 is 0 Å². The normalized spacial score (nSPS) is 10.8. The molecule has 0 aliphatic heterocycles. The van der Waals surface area contributed by atoms with Crippen LogP contribution in [-0.2, 0) is 4.79 Å². The zero-order chi connectivity index (χ0) is 12.4. The van der Waals surface area contributed by atoms with Crippen LogP contribution in [0.2, 0.25) is 0 Å². The molecule has 0 aliphatic rings. The van der Waals surface area contributed by atoms with E-state index >= 15 is 0 Å². The molecular weight excluding hydrogens is 210 g/mol. The Morgan fingerprint density at radius 1 is 1.12 bits per heavy atom. The van der Waals surface area contributed by atoms with Gasteiger partial charge < -0.3 is 4.90 Å². The Kier molecular flexibility index (Phi) is 3.14. The fourth-order valence-electron chi connectivity index (χ4n) is 2.18. The third-order valence-corrected chi connectivity index (χ3v) is 3.04. The van der Waals surface area contributed by atoms with Gasteiger partial charge in [-0.05, 0) is 37.8 Å². The first-order chi connectivity index (χ1) is 8.15. The van der Waals surface area contributed by atoms with Gasteiger partial charge in [-0.25, -0.2) is 0 Å². The molecule has 2 aromatic rings. The maximum Gasteiger partial charge on any atom is 0.214 e. The lowest BCUT2D eigenvalue weighted by Crippen LogP contribution is -2.29. The van der Waals surface area contributed by atoms with Crippen molar-refractivity contribution in [1.82, 2.24) is 0 Å². The summed E-state index contributed by atoms with van der Waals surface area (Å²) < 4.78 is 0. The number of hydrogen-bond acceptors (Lipinski definition) is 1. The molecule has 0 unspecified atom stereocenters. The van der Waals surface area contributed by atoms with E-state index in [0.29, 0.717) is 0 Å². The van der Waals surface area contributed by atoms with Crippen molar-refractivity contribution in [3.8, 4) is 0 Å². The third-order valence-electron chi connectivity index (χ3n) is 3.04. The Hall–Kier alpha value is -1.83. The number of carbonyl (C=O) groups excluding carboxylic acids is 1. The van der Waals surface area contributed by atoms with Crippen molar-refractivity contribution < 1.29 is 4.79 Å². The molecule has 2 nitrogen and oxygen atoms in total. The molecule has 0 fully saturated rings. The summed E-state index contributed by atoms with van der Waals surface area (Å²) in [5.74, 6) is 0. The Balaban J connectivity index is 2.72. The highest BCUT2D eigenvalue weighted by Crippen LogP contribution is 2.29. The predicted molar refractivity (Wildman–Crippen MR) is 72.4 cm³/mol. The van der Waals surface area contributed by atoms with Gasteiger partial charge in [0, 0.05) is 11.4 Å². The molecule has 17 heavy (non-hydrogen) atoms. The van der Waals surface area contributed by atoms with Crippen molar-refractivity contribution in [2.24, 2.45) is 0 Å². The minimum Gasteiger partial charge on any atom is -0.312 e. The molecule has 0 saturated heterocycles. The zero-order valence-corrected chi connectivity index (χ0v) is 10.5. The van der Waals surface area contributed by atoms with Crippen molar-refractivity contribution in [2.75, 3.05) is 4.90 Å². The minimum absolute atomic E-state index is 0.165. The first-order valence-corrected chi connectivity index (χ1v) is 5.87. The van der Waals surface area contributed by atoms with E-state index in [1.165, 1.54) is 10.9 Å². The largest absolute Gasteiger partial charge is 0.312 e. The van der Waals surface area contributed by atoms with Gasteiger partial charge in [-0.1, -0.05) is 30.3 Å². The molecular formula is C15H17NO. The van der Waals surface area contributed by atoms with Gasteiger partial charge in [0.2, 0.25) is 6.41 Å². The fourth-order valence-corrected chi connectivity index (χ4v) is 2.18. The van der Waals surface area contributed by atoms with Gasteiger partial charge in [0.05, 0.1) is 5.69 Å². The van der Waals surface area contributed by atoms with Crippen LogP contribution in [0.5, 0.6) is 0 Å². The van der Waals surface area contributed by atoms with Gasteiger partial charge >= 0.3 is 0 Å². The second kappa shape index (κ2) is 4.58. The summed E-state index contributed by atoms with van der Waals surface area (Å²) in [6.45, 7) is 6.12. The quantitative estimate of drug-likeness (QED) is 0.735. The zero-order valence-electron chi connectivity index (χ0n) is 10.5. The second-order valence-electron chi connectivity index (χ2n) is 4.56. The van der Waals surface area contributed by atoms with Gasteiger partial charge in [0.1, 0.15) is 0 Å². The average molecular weight is 227 g/mol. The van der Waals surface area contributed by atoms with Crippen LogP contribution in [0.3, 0.4) is 0 Å². The van der Waals surface area contributed by atoms with Gasteiger partial charge in [0.15, 0.2) is 0 Å². The summed E-state index contributed by atoms with van der Waals surface area (Å²) in [4.78, 5) is 13.0.